The fourth-order valence-corrected chi connectivity index (χ4v) is 2.64. The summed E-state index contributed by atoms with van der Waals surface area (Å²) in [5, 5.41) is 13.5. The molecule has 0 fully saturated rings. The first-order valence-corrected chi connectivity index (χ1v) is 8.92. The van der Waals surface area contributed by atoms with Crippen LogP contribution in [0, 0.1) is 10.1 Å². The molecule has 0 aliphatic heterocycles. The maximum Gasteiger partial charge on any atom is 0.270 e. The van der Waals surface area contributed by atoms with Gasteiger partial charge in [-0.05, 0) is 42.5 Å². The molecule has 0 unspecified atom stereocenters. The van der Waals surface area contributed by atoms with E-state index in [1.807, 2.05) is 0 Å². The Bertz CT molecular complexity index is 1080. The van der Waals surface area contributed by atoms with Gasteiger partial charge < -0.3 is 14.8 Å². The lowest BCUT2D eigenvalue weighted by atomic mass is 10.1. The minimum Gasteiger partial charge on any atom is -0.497 e. The molecule has 8 heteroatoms. The number of nitrogens with one attached hydrogen (secondary N) is 1. The molecule has 152 valence electrons. The van der Waals surface area contributed by atoms with Gasteiger partial charge in [0.25, 0.3) is 11.6 Å². The number of carbonyl (C=O) groups is 2. The van der Waals surface area contributed by atoms with Crippen LogP contribution in [0.5, 0.6) is 11.5 Å². The molecule has 30 heavy (non-hydrogen) atoms. The summed E-state index contributed by atoms with van der Waals surface area (Å²) < 4.78 is 10.6. The molecule has 1 N–H and O–H groups in total. The Morgan fingerprint density at radius 2 is 1.67 bits per heavy atom. The van der Waals surface area contributed by atoms with E-state index in [1.54, 1.807) is 55.6 Å². The number of hydrogen-bond acceptors (Lipinski definition) is 6. The molecular weight excluding hydrogens is 388 g/mol. The van der Waals surface area contributed by atoms with E-state index in [-0.39, 0.29) is 23.6 Å². The molecule has 0 saturated carbocycles. The summed E-state index contributed by atoms with van der Waals surface area (Å²) >= 11 is 0. The standard InChI is InChI=1S/C22H18N2O6/c1-29-19-10-8-15(9-11-19)21(25)14-30-20-7-3-5-17(13-20)23-22(26)16-4-2-6-18(12-16)24(27)28/h2-13H,14H2,1H3,(H,23,26). The Hall–Kier alpha value is -4.20. The van der Waals surface area contributed by atoms with Gasteiger partial charge in [0.1, 0.15) is 11.5 Å². The van der Waals surface area contributed by atoms with Crippen molar-refractivity contribution >= 4 is 23.1 Å². The minimum atomic E-state index is -0.564. The number of benzene rings is 3. The number of methoxy groups -OCH3 is 1. The van der Waals surface area contributed by atoms with Crippen LogP contribution in [0.2, 0.25) is 0 Å². The van der Waals surface area contributed by atoms with E-state index >= 15 is 0 Å². The highest BCUT2D eigenvalue weighted by Gasteiger charge is 2.12. The van der Waals surface area contributed by atoms with Crippen molar-refractivity contribution < 1.29 is 24.0 Å². The van der Waals surface area contributed by atoms with Gasteiger partial charge in [0.2, 0.25) is 0 Å². The number of nitro benzene ring substituents is 1. The molecule has 0 atom stereocenters. The zero-order chi connectivity index (χ0) is 21.5. The van der Waals surface area contributed by atoms with Crippen LogP contribution in [-0.2, 0) is 0 Å². The van der Waals surface area contributed by atoms with Crippen molar-refractivity contribution in [3.8, 4) is 11.5 Å². The van der Waals surface area contributed by atoms with Crippen LogP contribution < -0.4 is 14.8 Å². The molecule has 0 radical (unpaired) electrons. The molecule has 3 aromatic rings. The largest absolute Gasteiger partial charge is 0.497 e. The van der Waals surface area contributed by atoms with E-state index in [2.05, 4.69) is 5.32 Å². The summed E-state index contributed by atoms with van der Waals surface area (Å²) in [5.41, 5.74) is 0.911. The maximum absolute atomic E-state index is 12.4. The van der Waals surface area contributed by atoms with Crippen LogP contribution in [0.4, 0.5) is 11.4 Å². The van der Waals surface area contributed by atoms with Crippen molar-refractivity contribution in [1.29, 1.82) is 0 Å². The average molecular weight is 406 g/mol. The number of anilines is 1. The fraction of sp³-hybridized carbons (Fsp3) is 0.0909. The summed E-state index contributed by atoms with van der Waals surface area (Å²) in [5.74, 6) is 0.349. The number of rotatable bonds is 8. The second-order valence-corrected chi connectivity index (χ2v) is 6.23. The average Bonchev–Trinajstić information content (AvgIpc) is 2.78. The van der Waals surface area contributed by atoms with E-state index in [1.165, 1.54) is 24.3 Å². The molecule has 0 aromatic heterocycles. The Kier molecular flexibility index (Phi) is 6.39. The molecule has 8 nitrogen and oxygen atoms in total. The number of nitrogens with zero attached hydrogens (tertiary/aromatic N) is 1. The first-order chi connectivity index (χ1) is 14.5. The molecule has 3 rings (SSSR count). The molecule has 1 amide bonds. The van der Waals surface area contributed by atoms with Crippen LogP contribution in [0.3, 0.4) is 0 Å². The highest BCUT2D eigenvalue weighted by atomic mass is 16.6. The zero-order valence-corrected chi connectivity index (χ0v) is 16.0. The van der Waals surface area contributed by atoms with E-state index in [0.29, 0.717) is 22.7 Å². The Morgan fingerprint density at radius 1 is 0.933 bits per heavy atom. The quantitative estimate of drug-likeness (QED) is 0.343. The third kappa shape index (κ3) is 5.20. The predicted molar refractivity (Wildman–Crippen MR) is 110 cm³/mol. The highest BCUT2D eigenvalue weighted by molar-refractivity contribution is 6.04. The third-order valence-electron chi connectivity index (χ3n) is 4.19. The first-order valence-electron chi connectivity index (χ1n) is 8.92. The van der Waals surface area contributed by atoms with Gasteiger partial charge in [-0.3, -0.25) is 19.7 Å². The van der Waals surface area contributed by atoms with Crippen molar-refractivity contribution in [1.82, 2.24) is 0 Å². The van der Waals surface area contributed by atoms with Crippen LogP contribution >= 0.6 is 0 Å². The highest BCUT2D eigenvalue weighted by Crippen LogP contribution is 2.20. The lowest BCUT2D eigenvalue weighted by Crippen LogP contribution is -2.13. The summed E-state index contributed by atoms with van der Waals surface area (Å²) in [4.78, 5) is 34.9. The fourth-order valence-electron chi connectivity index (χ4n) is 2.64. The number of carbonyl (C=O) groups excluding carboxylic acids is 2. The summed E-state index contributed by atoms with van der Waals surface area (Å²) in [6, 6.07) is 18.7. The topological polar surface area (TPSA) is 108 Å². The van der Waals surface area contributed by atoms with Gasteiger partial charge in [-0.2, -0.15) is 0 Å². The molecule has 0 spiro atoms. The lowest BCUT2D eigenvalue weighted by molar-refractivity contribution is -0.384. The number of amides is 1. The normalized spacial score (nSPS) is 10.2. The summed E-state index contributed by atoms with van der Waals surface area (Å²) in [6.45, 7) is -0.172. The predicted octanol–water partition coefficient (Wildman–Crippen LogP) is 4.12. The second-order valence-electron chi connectivity index (χ2n) is 6.23. The maximum atomic E-state index is 12.4. The summed E-state index contributed by atoms with van der Waals surface area (Å²) in [6.07, 6.45) is 0. The van der Waals surface area contributed by atoms with Gasteiger partial charge in [0.05, 0.1) is 12.0 Å². The van der Waals surface area contributed by atoms with Crippen molar-refractivity contribution in [2.75, 3.05) is 19.0 Å². The zero-order valence-electron chi connectivity index (χ0n) is 16.0. The van der Waals surface area contributed by atoms with Gasteiger partial charge in [-0.15, -0.1) is 0 Å². The molecule has 0 saturated heterocycles. The molecule has 0 bridgehead atoms. The second kappa shape index (κ2) is 9.33. The van der Waals surface area contributed by atoms with E-state index < -0.39 is 10.8 Å². The van der Waals surface area contributed by atoms with Gasteiger partial charge in [0.15, 0.2) is 12.4 Å². The first kappa shape index (κ1) is 20.5. The lowest BCUT2D eigenvalue weighted by Gasteiger charge is -2.09. The number of ketones is 1. The third-order valence-corrected chi connectivity index (χ3v) is 4.19. The molecule has 0 aliphatic rings. The van der Waals surface area contributed by atoms with Crippen LogP contribution in [0.25, 0.3) is 0 Å². The Morgan fingerprint density at radius 3 is 2.37 bits per heavy atom. The van der Waals surface area contributed by atoms with E-state index in [4.69, 9.17) is 9.47 Å². The van der Waals surface area contributed by atoms with Crippen LogP contribution in [-0.4, -0.2) is 30.3 Å². The number of nitro groups is 1. The number of Topliss-reactive ketones (excluding diaryl/α,β-unsaturated/α-hetero) is 1. The number of ether oxygens (including phenoxy) is 2. The SMILES string of the molecule is COc1ccc(C(=O)COc2cccc(NC(=O)c3cccc([N+](=O)[O-])c3)c2)cc1. The van der Waals surface area contributed by atoms with Crippen molar-refractivity contribution in [2.45, 2.75) is 0 Å². The van der Waals surface area contributed by atoms with Crippen LogP contribution in [0.1, 0.15) is 20.7 Å². The van der Waals surface area contributed by atoms with Crippen molar-refractivity contribution in [3.63, 3.8) is 0 Å². The Balaban J connectivity index is 1.62. The van der Waals surface area contributed by atoms with Crippen LogP contribution in [0.15, 0.2) is 72.8 Å². The van der Waals surface area contributed by atoms with Gasteiger partial charge >= 0.3 is 0 Å². The van der Waals surface area contributed by atoms with Crippen molar-refractivity contribution in [3.05, 3.63) is 94.0 Å². The monoisotopic (exact) mass is 406 g/mol. The van der Waals surface area contributed by atoms with Gasteiger partial charge in [0, 0.05) is 35.0 Å². The smallest absolute Gasteiger partial charge is 0.270 e. The van der Waals surface area contributed by atoms with E-state index in [9.17, 15) is 19.7 Å². The molecular formula is C22H18N2O6. The van der Waals surface area contributed by atoms with Crippen molar-refractivity contribution in [2.24, 2.45) is 0 Å². The van der Waals surface area contributed by atoms with Gasteiger partial charge in [-0.1, -0.05) is 12.1 Å². The number of hydrogen-bond donors (Lipinski definition) is 1. The molecule has 0 aliphatic carbocycles. The minimum absolute atomic E-state index is 0.158. The van der Waals surface area contributed by atoms with Gasteiger partial charge in [-0.25, -0.2) is 0 Å². The summed E-state index contributed by atoms with van der Waals surface area (Å²) in [7, 11) is 1.55. The molecule has 3 aromatic carbocycles. The van der Waals surface area contributed by atoms with E-state index in [0.717, 1.165) is 0 Å². The molecule has 0 heterocycles. The Labute approximate surface area is 172 Å². The number of non-ortho nitro benzene ring substituents is 1.